The van der Waals surface area contributed by atoms with Crippen molar-refractivity contribution in [3.05, 3.63) is 149 Å². The lowest BCUT2D eigenvalue weighted by molar-refractivity contribution is -0.0292. The van der Waals surface area contributed by atoms with E-state index in [0.717, 1.165) is 47.5 Å². The van der Waals surface area contributed by atoms with E-state index in [4.69, 9.17) is 0 Å². The summed E-state index contributed by atoms with van der Waals surface area (Å²) in [5, 5.41) is 0. The molecule has 0 N–H and O–H groups in total. The average Bonchev–Trinajstić information content (AvgIpc) is 3.06. The molecule has 0 radical (unpaired) electrons. The van der Waals surface area contributed by atoms with Gasteiger partial charge in [-0.25, -0.2) is 8.42 Å². The van der Waals surface area contributed by atoms with Crippen LogP contribution in [0.3, 0.4) is 0 Å². The Morgan fingerprint density at radius 1 is 0.553 bits per heavy atom. The molecule has 0 amide bonds. The van der Waals surface area contributed by atoms with Gasteiger partial charge in [0.05, 0.1) is 9.79 Å². The second-order valence-corrected chi connectivity index (χ2v) is 16.8. The van der Waals surface area contributed by atoms with Gasteiger partial charge in [0.15, 0.2) is 0 Å². The number of hydrogen-bond acceptors (Lipinski definition) is 3. The van der Waals surface area contributed by atoms with E-state index in [1.165, 1.54) is 36.0 Å². The molecular weight excluding hydrogens is 595 g/mol. The molecule has 2 unspecified atom stereocenters. The fourth-order valence-corrected chi connectivity index (χ4v) is 11.3. The van der Waals surface area contributed by atoms with E-state index in [-0.39, 0.29) is 10.8 Å². The second kappa shape index (κ2) is 11.2. The van der Waals surface area contributed by atoms with E-state index in [9.17, 15) is 8.42 Å². The summed E-state index contributed by atoms with van der Waals surface area (Å²) in [6, 6.07) is 42.1. The van der Waals surface area contributed by atoms with Gasteiger partial charge in [-0.2, -0.15) is 0 Å². The van der Waals surface area contributed by atoms with E-state index in [1.807, 2.05) is 37.3 Å². The lowest BCUT2D eigenvalue weighted by Gasteiger charge is -2.63. The molecule has 4 aliphatic carbocycles. The zero-order valence-corrected chi connectivity index (χ0v) is 28.4. The summed E-state index contributed by atoms with van der Waals surface area (Å²) in [5.74, 6) is 1.23. The lowest BCUT2D eigenvalue weighted by Crippen LogP contribution is -2.56. The van der Waals surface area contributed by atoms with Crippen LogP contribution >= 0.6 is 0 Å². The predicted molar refractivity (Wildman–Crippen MR) is 192 cm³/mol. The Labute approximate surface area is 280 Å². The quantitative estimate of drug-likeness (QED) is 0.178. The zero-order valence-electron chi connectivity index (χ0n) is 27.6. The summed E-state index contributed by atoms with van der Waals surface area (Å²) in [6.07, 6.45) is 6.82. The van der Waals surface area contributed by atoms with E-state index in [2.05, 4.69) is 97.6 Å². The molecule has 4 heteroatoms. The van der Waals surface area contributed by atoms with Crippen LogP contribution in [0.4, 0.5) is 17.1 Å². The number of benzene rings is 5. The molecule has 4 aliphatic rings. The first-order valence-electron chi connectivity index (χ1n) is 17.1. The zero-order chi connectivity index (χ0) is 32.4. The molecule has 238 valence electrons. The van der Waals surface area contributed by atoms with Gasteiger partial charge in [-0.1, -0.05) is 83.4 Å². The largest absolute Gasteiger partial charge is 0.311 e. The molecule has 3 nitrogen and oxygen atoms in total. The van der Waals surface area contributed by atoms with Crippen molar-refractivity contribution in [2.24, 2.45) is 11.8 Å². The molecule has 0 heterocycles. The number of sulfone groups is 1. The van der Waals surface area contributed by atoms with Crippen LogP contribution in [0.15, 0.2) is 131 Å². The Morgan fingerprint density at radius 3 is 1.53 bits per heavy atom. The third kappa shape index (κ3) is 5.22. The molecule has 0 aliphatic heterocycles. The molecular formula is C43H43NO2S. The minimum absolute atomic E-state index is 0.0574. The molecule has 4 saturated carbocycles. The normalized spacial score (nSPS) is 24.7. The Hall–Kier alpha value is -4.15. The van der Waals surface area contributed by atoms with E-state index in [1.54, 1.807) is 12.1 Å². The Bertz CT molecular complexity index is 1970. The van der Waals surface area contributed by atoms with Crippen LogP contribution in [0.25, 0.3) is 0 Å². The molecule has 9 rings (SSSR count). The maximum absolute atomic E-state index is 14.2. The summed E-state index contributed by atoms with van der Waals surface area (Å²) in [6.45, 7) is 6.25. The van der Waals surface area contributed by atoms with Crippen molar-refractivity contribution in [2.75, 3.05) is 4.90 Å². The molecule has 2 atom stereocenters. The van der Waals surface area contributed by atoms with Crippen molar-refractivity contribution in [1.82, 2.24) is 0 Å². The van der Waals surface area contributed by atoms with Gasteiger partial charge in [-0.3, -0.25) is 0 Å². The number of hydrogen-bond donors (Lipinski definition) is 0. The minimum Gasteiger partial charge on any atom is -0.311 e. The number of rotatable bonds is 7. The lowest BCUT2D eigenvalue weighted by atomic mass is 9.41. The molecule has 0 saturated heterocycles. The Morgan fingerprint density at radius 2 is 1.00 bits per heavy atom. The first kappa shape index (κ1) is 30.2. The van der Waals surface area contributed by atoms with Crippen LogP contribution in [0.1, 0.15) is 66.3 Å². The van der Waals surface area contributed by atoms with Crippen LogP contribution in [0.2, 0.25) is 0 Å². The SMILES string of the molecule is Cc1ccc(N(c2ccc(C)cc2)c2ccc(C34CC5CC(C3)CC(c3ccccc3S(=O)(=O)c3ccc(C)cc3)(C5)C4)cc2)cc1. The average molecular weight is 638 g/mol. The molecule has 4 fully saturated rings. The van der Waals surface area contributed by atoms with E-state index < -0.39 is 9.84 Å². The Kier molecular flexibility index (Phi) is 7.22. The molecule has 5 aromatic carbocycles. The van der Waals surface area contributed by atoms with Gasteiger partial charge in [0.2, 0.25) is 9.84 Å². The van der Waals surface area contributed by atoms with Gasteiger partial charge in [0, 0.05) is 17.1 Å². The standard InChI is InChI=1S/C43H43NO2S/c1-30-8-16-36(17-9-30)44(37-18-10-31(2)11-19-37)38-20-14-35(15-21-38)42-25-33-24-34(26-42)28-43(27-33,29-42)40-6-4-5-7-41(40)47(45,46)39-22-12-32(3)13-23-39/h4-23,33-34H,24-29H2,1-3H3. The highest BCUT2D eigenvalue weighted by molar-refractivity contribution is 7.91. The summed E-state index contributed by atoms with van der Waals surface area (Å²) in [4.78, 5) is 3.23. The second-order valence-electron chi connectivity index (χ2n) is 14.9. The van der Waals surface area contributed by atoms with Crippen molar-refractivity contribution in [3.8, 4) is 0 Å². The third-order valence-electron chi connectivity index (χ3n) is 11.5. The maximum Gasteiger partial charge on any atom is 0.206 e. The van der Waals surface area contributed by atoms with Gasteiger partial charge in [0.1, 0.15) is 0 Å². The molecule has 4 bridgehead atoms. The predicted octanol–water partition coefficient (Wildman–Crippen LogP) is 10.7. The highest BCUT2D eigenvalue weighted by Crippen LogP contribution is 2.67. The highest BCUT2D eigenvalue weighted by atomic mass is 32.2. The summed E-state index contributed by atoms with van der Waals surface area (Å²) < 4.78 is 28.4. The molecule has 5 aromatic rings. The monoisotopic (exact) mass is 637 g/mol. The summed E-state index contributed by atoms with van der Waals surface area (Å²) in [5.41, 5.74) is 9.37. The van der Waals surface area contributed by atoms with Crippen LogP contribution in [-0.2, 0) is 20.7 Å². The van der Waals surface area contributed by atoms with E-state index in [0.29, 0.717) is 21.6 Å². The van der Waals surface area contributed by atoms with Crippen molar-refractivity contribution >= 4 is 26.9 Å². The molecule has 47 heavy (non-hydrogen) atoms. The van der Waals surface area contributed by atoms with Crippen molar-refractivity contribution in [1.29, 1.82) is 0 Å². The van der Waals surface area contributed by atoms with Crippen LogP contribution < -0.4 is 4.90 Å². The topological polar surface area (TPSA) is 37.4 Å². The van der Waals surface area contributed by atoms with Gasteiger partial charge in [-0.05, 0) is 148 Å². The number of aryl methyl sites for hydroxylation is 3. The van der Waals surface area contributed by atoms with Gasteiger partial charge < -0.3 is 4.90 Å². The van der Waals surface area contributed by atoms with Crippen molar-refractivity contribution in [3.63, 3.8) is 0 Å². The van der Waals surface area contributed by atoms with Gasteiger partial charge in [-0.15, -0.1) is 0 Å². The van der Waals surface area contributed by atoms with Crippen LogP contribution in [0.5, 0.6) is 0 Å². The Balaban J connectivity index is 1.17. The number of anilines is 3. The van der Waals surface area contributed by atoms with Crippen molar-refractivity contribution in [2.45, 2.75) is 79.9 Å². The third-order valence-corrected chi connectivity index (χ3v) is 13.3. The minimum atomic E-state index is -3.64. The molecule has 0 spiro atoms. The fraction of sp³-hybridized carbons (Fsp3) is 0.302. The first-order chi connectivity index (χ1) is 22.6. The van der Waals surface area contributed by atoms with Gasteiger partial charge in [0.25, 0.3) is 0 Å². The van der Waals surface area contributed by atoms with Gasteiger partial charge >= 0.3 is 0 Å². The van der Waals surface area contributed by atoms with E-state index >= 15 is 0 Å². The van der Waals surface area contributed by atoms with Crippen LogP contribution in [-0.4, -0.2) is 8.42 Å². The van der Waals surface area contributed by atoms with Crippen molar-refractivity contribution < 1.29 is 8.42 Å². The smallest absolute Gasteiger partial charge is 0.206 e. The number of nitrogens with zero attached hydrogens (tertiary/aromatic N) is 1. The summed E-state index contributed by atoms with van der Waals surface area (Å²) >= 11 is 0. The first-order valence-corrected chi connectivity index (χ1v) is 18.6. The van der Waals surface area contributed by atoms with Crippen LogP contribution in [0, 0.1) is 32.6 Å². The summed E-state index contributed by atoms with van der Waals surface area (Å²) in [7, 11) is -3.64. The maximum atomic E-state index is 14.2. The molecule has 0 aromatic heterocycles. The fourth-order valence-electron chi connectivity index (χ4n) is 9.70. The highest BCUT2D eigenvalue weighted by Gasteiger charge is 2.59.